The number of carbonyl (C=O) groups excluding carboxylic acids is 1. The van der Waals surface area contributed by atoms with Gasteiger partial charge in [0.05, 0.1) is 0 Å². The van der Waals surface area contributed by atoms with E-state index in [1.807, 2.05) is 6.08 Å². The van der Waals surface area contributed by atoms with E-state index < -0.39 is 11.5 Å². The quantitative estimate of drug-likeness (QED) is 0.663. The highest BCUT2D eigenvalue weighted by Gasteiger charge is 2.21. The minimum Gasteiger partial charge on any atom is -0.281 e. The Morgan fingerprint density at radius 3 is 2.86 bits per heavy atom. The molecular formula is C10H14F2OS. The summed E-state index contributed by atoms with van der Waals surface area (Å²) < 4.78 is 24.0. The number of hydrogen-bond donors (Lipinski definition) is 0. The Bertz CT molecular complexity index is 216. The minimum absolute atomic E-state index is 0.0491. The lowest BCUT2D eigenvalue weighted by Gasteiger charge is -2.14. The number of thioether (sulfide) groups is 1. The van der Waals surface area contributed by atoms with Crippen LogP contribution in [0.1, 0.15) is 32.1 Å². The molecule has 0 fully saturated rings. The summed E-state index contributed by atoms with van der Waals surface area (Å²) in [5.74, 6) is 0. The molecular weight excluding hydrogens is 206 g/mol. The van der Waals surface area contributed by atoms with Crippen molar-refractivity contribution in [2.75, 3.05) is 0 Å². The van der Waals surface area contributed by atoms with E-state index in [-0.39, 0.29) is 5.25 Å². The monoisotopic (exact) mass is 220 g/mol. The summed E-state index contributed by atoms with van der Waals surface area (Å²) in [5, 5.41) is -0.933. The van der Waals surface area contributed by atoms with Crippen LogP contribution in [0.3, 0.4) is 0 Å². The maximum Gasteiger partial charge on any atom is 0.306 e. The van der Waals surface area contributed by atoms with Gasteiger partial charge in [-0.25, -0.2) is 8.78 Å². The van der Waals surface area contributed by atoms with Gasteiger partial charge in [0.1, 0.15) is 0 Å². The summed E-state index contributed by atoms with van der Waals surface area (Å²) in [7, 11) is 0. The van der Waals surface area contributed by atoms with Crippen molar-refractivity contribution in [1.29, 1.82) is 0 Å². The van der Waals surface area contributed by atoms with Gasteiger partial charge >= 0.3 is 6.43 Å². The van der Waals surface area contributed by atoms with E-state index in [1.54, 1.807) is 0 Å². The Hall–Kier alpha value is -0.380. The third kappa shape index (κ3) is 4.22. The van der Waals surface area contributed by atoms with Crippen LogP contribution in [-0.4, -0.2) is 16.8 Å². The van der Waals surface area contributed by atoms with Crippen molar-refractivity contribution in [3.8, 4) is 0 Å². The highest BCUT2D eigenvalue weighted by atomic mass is 32.2. The molecule has 0 N–H and O–H groups in total. The first-order valence-corrected chi connectivity index (χ1v) is 5.72. The van der Waals surface area contributed by atoms with Crippen molar-refractivity contribution in [2.45, 2.75) is 43.8 Å². The summed E-state index contributed by atoms with van der Waals surface area (Å²) in [6.45, 7) is 0. The largest absolute Gasteiger partial charge is 0.306 e. The van der Waals surface area contributed by atoms with Crippen LogP contribution in [0.2, 0.25) is 0 Å². The highest BCUT2D eigenvalue weighted by molar-refractivity contribution is 8.14. The van der Waals surface area contributed by atoms with Crippen molar-refractivity contribution in [3.63, 3.8) is 0 Å². The molecule has 1 aliphatic rings. The molecule has 1 atom stereocenters. The van der Waals surface area contributed by atoms with Gasteiger partial charge in [-0.2, -0.15) is 0 Å². The first-order valence-electron chi connectivity index (χ1n) is 4.84. The van der Waals surface area contributed by atoms with Crippen LogP contribution in [0.5, 0.6) is 0 Å². The zero-order chi connectivity index (χ0) is 10.4. The van der Waals surface area contributed by atoms with E-state index in [1.165, 1.54) is 0 Å². The fourth-order valence-corrected chi connectivity index (χ4v) is 2.36. The Kier molecular flexibility index (Phi) is 5.15. The van der Waals surface area contributed by atoms with E-state index in [4.69, 9.17) is 0 Å². The molecule has 0 radical (unpaired) electrons. The molecule has 80 valence electrons. The Morgan fingerprint density at radius 2 is 2.14 bits per heavy atom. The van der Waals surface area contributed by atoms with Gasteiger partial charge in [-0.05, 0) is 25.7 Å². The van der Waals surface area contributed by atoms with Crippen molar-refractivity contribution < 1.29 is 13.6 Å². The molecule has 0 spiro atoms. The maximum absolute atomic E-state index is 12.0. The Morgan fingerprint density at radius 1 is 1.36 bits per heavy atom. The van der Waals surface area contributed by atoms with Gasteiger partial charge in [-0.3, -0.25) is 4.79 Å². The lowest BCUT2D eigenvalue weighted by Crippen LogP contribution is -2.12. The molecule has 14 heavy (non-hydrogen) atoms. The molecule has 0 aromatic carbocycles. The van der Waals surface area contributed by atoms with E-state index >= 15 is 0 Å². The molecule has 0 heterocycles. The van der Waals surface area contributed by atoms with Gasteiger partial charge in [0.15, 0.2) is 0 Å². The average molecular weight is 220 g/mol. The first kappa shape index (κ1) is 11.7. The predicted octanol–water partition coefficient (Wildman–Crippen LogP) is 3.40. The van der Waals surface area contributed by atoms with Crippen molar-refractivity contribution >= 4 is 16.9 Å². The van der Waals surface area contributed by atoms with Crippen LogP contribution in [0, 0.1) is 0 Å². The Balaban J connectivity index is 2.38. The summed E-state index contributed by atoms with van der Waals surface area (Å²) in [5.41, 5.74) is 0. The van der Waals surface area contributed by atoms with Crippen LogP contribution in [0.4, 0.5) is 8.78 Å². The molecule has 1 rings (SSSR count). The van der Waals surface area contributed by atoms with Crippen molar-refractivity contribution in [3.05, 3.63) is 12.2 Å². The number of alkyl halides is 2. The second-order valence-corrected chi connectivity index (χ2v) is 4.66. The third-order valence-electron chi connectivity index (χ3n) is 2.17. The zero-order valence-corrected chi connectivity index (χ0v) is 8.73. The fraction of sp³-hybridized carbons (Fsp3) is 0.700. The predicted molar refractivity (Wildman–Crippen MR) is 54.6 cm³/mol. The number of allylic oxidation sites excluding steroid dienone is 2. The number of halogens is 2. The van der Waals surface area contributed by atoms with Crippen molar-refractivity contribution in [1.82, 2.24) is 0 Å². The summed E-state index contributed by atoms with van der Waals surface area (Å²) in [4.78, 5) is 10.8. The van der Waals surface area contributed by atoms with E-state index in [9.17, 15) is 13.6 Å². The van der Waals surface area contributed by atoms with Crippen molar-refractivity contribution in [2.24, 2.45) is 0 Å². The molecule has 0 saturated heterocycles. The molecule has 4 heteroatoms. The van der Waals surface area contributed by atoms with Crippen LogP contribution in [-0.2, 0) is 4.79 Å². The van der Waals surface area contributed by atoms with E-state index in [0.29, 0.717) is 0 Å². The normalized spacial score (nSPS) is 23.2. The van der Waals surface area contributed by atoms with Crippen LogP contribution in [0.15, 0.2) is 12.2 Å². The topological polar surface area (TPSA) is 17.1 Å². The maximum atomic E-state index is 12.0. The lowest BCUT2D eigenvalue weighted by molar-refractivity contribution is -0.120. The van der Waals surface area contributed by atoms with Gasteiger partial charge in [0, 0.05) is 5.25 Å². The second-order valence-electron chi connectivity index (χ2n) is 3.35. The van der Waals surface area contributed by atoms with Gasteiger partial charge < -0.3 is 0 Å². The van der Waals surface area contributed by atoms with Gasteiger partial charge in [-0.1, -0.05) is 30.3 Å². The van der Waals surface area contributed by atoms with Gasteiger partial charge in [-0.15, -0.1) is 0 Å². The van der Waals surface area contributed by atoms with Gasteiger partial charge in [0.2, 0.25) is 0 Å². The molecule has 1 aliphatic carbocycles. The number of hydrogen-bond acceptors (Lipinski definition) is 2. The molecule has 1 nitrogen and oxygen atoms in total. The van der Waals surface area contributed by atoms with Crippen LogP contribution in [0.25, 0.3) is 0 Å². The minimum atomic E-state index is -2.82. The lowest BCUT2D eigenvalue weighted by atomic mass is 10.1. The standard InChI is InChI=1S/C10H14F2OS/c11-9(12)10(13)14-8-6-4-2-1-3-5-7-8/h2,4,8-9H,1,3,5-7H2. The smallest absolute Gasteiger partial charge is 0.281 e. The first-order chi connectivity index (χ1) is 6.70. The molecule has 0 amide bonds. The number of rotatable bonds is 2. The van der Waals surface area contributed by atoms with Gasteiger partial charge in [0.25, 0.3) is 5.12 Å². The second kappa shape index (κ2) is 6.17. The molecule has 0 aliphatic heterocycles. The molecule has 0 aromatic rings. The summed E-state index contributed by atoms with van der Waals surface area (Å²) in [6.07, 6.45) is 6.04. The molecule has 0 saturated carbocycles. The highest BCUT2D eigenvalue weighted by Crippen LogP contribution is 2.26. The van der Waals surface area contributed by atoms with Crippen LogP contribution < -0.4 is 0 Å². The Labute approximate surface area is 86.9 Å². The zero-order valence-electron chi connectivity index (χ0n) is 7.92. The van der Waals surface area contributed by atoms with E-state index in [0.717, 1.165) is 43.9 Å². The van der Waals surface area contributed by atoms with E-state index in [2.05, 4.69) is 6.08 Å². The SMILES string of the molecule is O=C(SC1CC=CCCCC1)C(F)F. The molecule has 0 bridgehead atoms. The third-order valence-corrected chi connectivity index (χ3v) is 3.35. The average Bonchev–Trinajstić information content (AvgIpc) is 2.08. The molecule has 0 aromatic heterocycles. The fourth-order valence-electron chi connectivity index (χ4n) is 1.44. The molecule has 1 unspecified atom stereocenters. The number of carbonyl (C=O) groups is 1. The summed E-state index contributed by atoms with van der Waals surface area (Å²) >= 11 is 0.811. The van der Waals surface area contributed by atoms with Crippen LogP contribution >= 0.6 is 11.8 Å². The summed E-state index contributed by atoms with van der Waals surface area (Å²) in [6, 6.07) is 0.